The number of amides is 1. The summed E-state index contributed by atoms with van der Waals surface area (Å²) in [7, 11) is -1.72. The Morgan fingerprint density at radius 2 is 2.18 bits per heavy atom. The first kappa shape index (κ1) is 22.8. The minimum absolute atomic E-state index is 0.0406. The highest BCUT2D eigenvalue weighted by Crippen LogP contribution is 2.44. The Labute approximate surface area is 187 Å². The second-order valence-corrected chi connectivity index (χ2v) is 9.56. The average Bonchev–Trinajstić information content (AvgIpc) is 3.19. The zero-order valence-corrected chi connectivity index (χ0v) is 18.3. The van der Waals surface area contributed by atoms with Gasteiger partial charge in [-0.15, -0.1) is 0 Å². The molecule has 2 fully saturated rings. The third kappa shape index (κ3) is 3.64. The van der Waals surface area contributed by atoms with Gasteiger partial charge >= 0.3 is 0 Å². The number of nitrogens with zero attached hydrogens (tertiary/aromatic N) is 3. The van der Waals surface area contributed by atoms with E-state index in [0.717, 1.165) is 13.1 Å². The molecule has 2 aromatic rings. The van der Waals surface area contributed by atoms with Gasteiger partial charge in [0.25, 0.3) is 5.91 Å². The Morgan fingerprint density at radius 3 is 2.82 bits per heavy atom. The van der Waals surface area contributed by atoms with Crippen LogP contribution in [0, 0.1) is 11.2 Å². The first-order chi connectivity index (χ1) is 15.6. The van der Waals surface area contributed by atoms with Gasteiger partial charge in [0.05, 0.1) is 26.1 Å². The van der Waals surface area contributed by atoms with Crippen LogP contribution >= 0.6 is 0 Å². The highest BCUT2D eigenvalue weighted by atomic mass is 32.2. The van der Waals surface area contributed by atoms with Crippen molar-refractivity contribution in [3.05, 3.63) is 47.7 Å². The molecule has 3 atom stereocenters. The van der Waals surface area contributed by atoms with Crippen molar-refractivity contribution < 1.29 is 31.5 Å². The summed E-state index contributed by atoms with van der Waals surface area (Å²) in [6.45, 7) is -1.53. The van der Waals surface area contributed by atoms with E-state index < -0.39 is 57.9 Å². The van der Waals surface area contributed by atoms with Crippen LogP contribution in [0.15, 0.2) is 30.6 Å². The molecule has 11 nitrogen and oxygen atoms in total. The van der Waals surface area contributed by atoms with Gasteiger partial charge in [0.1, 0.15) is 35.1 Å². The lowest BCUT2D eigenvalue weighted by molar-refractivity contribution is 0.0835. The quantitative estimate of drug-likeness (QED) is 0.562. The van der Waals surface area contributed by atoms with Crippen molar-refractivity contribution in [1.29, 1.82) is 5.41 Å². The van der Waals surface area contributed by atoms with Crippen LogP contribution in [0.3, 0.4) is 0 Å². The lowest BCUT2D eigenvalue weighted by Gasteiger charge is -2.44. The number of halogens is 2. The molecule has 1 aromatic carbocycles. The molecule has 2 aliphatic heterocycles. The van der Waals surface area contributed by atoms with E-state index in [1.54, 1.807) is 0 Å². The summed E-state index contributed by atoms with van der Waals surface area (Å²) in [4.78, 5) is 20.4. The first-order valence-electron chi connectivity index (χ1n) is 9.63. The highest BCUT2D eigenvalue weighted by Gasteiger charge is 2.63. The molecule has 0 bridgehead atoms. The van der Waals surface area contributed by atoms with Gasteiger partial charge in [0.2, 0.25) is 21.9 Å². The number of aromatic nitrogens is 2. The largest absolute Gasteiger partial charge is 0.480 e. The molecule has 33 heavy (non-hydrogen) atoms. The summed E-state index contributed by atoms with van der Waals surface area (Å²) in [5, 5.41) is 11.7. The molecular formula is C19H20F2N6O5S. The van der Waals surface area contributed by atoms with E-state index in [1.165, 1.54) is 31.6 Å². The number of fused-ring (bicyclic) bond motifs is 1. The van der Waals surface area contributed by atoms with Gasteiger partial charge in [-0.2, -0.15) is 0 Å². The van der Waals surface area contributed by atoms with Crippen LogP contribution in [0.25, 0.3) is 0 Å². The fraction of sp³-hybridized carbons (Fsp3) is 0.368. The fourth-order valence-electron chi connectivity index (χ4n) is 3.97. The van der Waals surface area contributed by atoms with E-state index in [0.29, 0.717) is 4.31 Å². The molecule has 3 heterocycles. The molecule has 0 radical (unpaired) electrons. The van der Waals surface area contributed by atoms with Crippen molar-refractivity contribution in [2.45, 2.75) is 16.9 Å². The smallest absolute Gasteiger partial charge is 0.275 e. The van der Waals surface area contributed by atoms with Gasteiger partial charge in [0, 0.05) is 18.3 Å². The SMILES string of the molecule is COc1cnc(C(=O)Nc2ccc(F)c([C@]34CO[C@H](CF)[C@H]3S(=O)(=O)N(C)C(=N)N4)c2)cn1. The number of carbonyl (C=O) groups excluding carboxylic acids is 1. The number of nitrogens with one attached hydrogen (secondary N) is 3. The third-order valence-electron chi connectivity index (χ3n) is 5.63. The molecule has 0 unspecified atom stereocenters. The Hall–Kier alpha value is -3.39. The normalized spacial score (nSPS) is 25.8. The maximum atomic E-state index is 15.0. The minimum Gasteiger partial charge on any atom is -0.480 e. The van der Waals surface area contributed by atoms with Gasteiger partial charge in [-0.1, -0.05) is 0 Å². The van der Waals surface area contributed by atoms with Crippen molar-refractivity contribution in [3.63, 3.8) is 0 Å². The summed E-state index contributed by atoms with van der Waals surface area (Å²) < 4.78 is 65.7. The molecular weight excluding hydrogens is 462 g/mol. The summed E-state index contributed by atoms with van der Waals surface area (Å²) >= 11 is 0. The monoisotopic (exact) mass is 482 g/mol. The van der Waals surface area contributed by atoms with E-state index in [4.69, 9.17) is 14.9 Å². The molecule has 3 N–H and O–H groups in total. The number of hydrogen-bond donors (Lipinski definition) is 3. The molecule has 176 valence electrons. The standard InChI is InChI=1S/C19H20F2N6O5S/c1-27-18(22)26-19(9-32-14(6-20)16(19)33(27,29)30)11-5-10(3-4-12(11)21)25-17(28)13-7-24-15(31-2)8-23-13/h3-5,7-8,14,16H,6,9H2,1-2H3,(H2,22,26)(H,25,28)/t14-,16-,19-/m1/s1. The van der Waals surface area contributed by atoms with E-state index in [9.17, 15) is 17.6 Å². The van der Waals surface area contributed by atoms with Crippen LogP contribution in [-0.4, -0.2) is 73.4 Å². The number of rotatable bonds is 5. The molecule has 4 rings (SSSR count). The van der Waals surface area contributed by atoms with E-state index in [2.05, 4.69) is 20.6 Å². The van der Waals surface area contributed by atoms with Gasteiger partial charge in [-0.3, -0.25) is 10.2 Å². The zero-order chi connectivity index (χ0) is 24.0. The van der Waals surface area contributed by atoms with Crippen molar-refractivity contribution in [2.24, 2.45) is 0 Å². The van der Waals surface area contributed by atoms with Gasteiger partial charge in [-0.25, -0.2) is 31.5 Å². The second kappa shape index (κ2) is 8.19. The maximum Gasteiger partial charge on any atom is 0.275 e. The van der Waals surface area contributed by atoms with E-state index in [-0.39, 0.29) is 22.8 Å². The summed E-state index contributed by atoms with van der Waals surface area (Å²) in [6, 6.07) is 3.54. The summed E-state index contributed by atoms with van der Waals surface area (Å²) in [5.41, 5.74) is -1.88. The lowest BCUT2D eigenvalue weighted by atomic mass is 9.86. The number of alkyl halides is 1. The van der Waals surface area contributed by atoms with E-state index in [1.807, 2.05) is 0 Å². The molecule has 2 saturated heterocycles. The van der Waals surface area contributed by atoms with Crippen molar-refractivity contribution in [2.75, 3.05) is 32.8 Å². The van der Waals surface area contributed by atoms with E-state index >= 15 is 4.39 Å². The number of carbonyl (C=O) groups is 1. The number of methoxy groups -OCH3 is 1. The number of ether oxygens (including phenoxy) is 2. The molecule has 1 amide bonds. The van der Waals surface area contributed by atoms with Gasteiger partial charge < -0.3 is 20.1 Å². The van der Waals surface area contributed by atoms with Crippen LogP contribution in [-0.2, 0) is 20.3 Å². The molecule has 0 saturated carbocycles. The number of guanidine groups is 1. The molecule has 14 heteroatoms. The summed E-state index contributed by atoms with van der Waals surface area (Å²) in [5.74, 6) is -1.78. The fourth-order valence-corrected chi connectivity index (χ4v) is 5.91. The van der Waals surface area contributed by atoms with Gasteiger partial charge in [-0.05, 0) is 18.2 Å². The average molecular weight is 482 g/mol. The minimum atomic E-state index is -4.26. The van der Waals surface area contributed by atoms with Crippen LogP contribution in [0.5, 0.6) is 5.88 Å². The Morgan fingerprint density at radius 1 is 1.42 bits per heavy atom. The molecule has 0 spiro atoms. The Balaban J connectivity index is 1.73. The Kier molecular flexibility index (Phi) is 5.66. The topological polar surface area (TPSA) is 147 Å². The lowest BCUT2D eigenvalue weighted by Crippen LogP contribution is -2.68. The molecule has 2 aliphatic rings. The van der Waals surface area contributed by atoms with Crippen LogP contribution in [0.1, 0.15) is 16.1 Å². The number of benzene rings is 1. The molecule has 1 aromatic heterocycles. The van der Waals surface area contributed by atoms with Crippen LogP contribution < -0.4 is 15.4 Å². The number of hydrogen-bond acceptors (Lipinski definition) is 8. The summed E-state index contributed by atoms with van der Waals surface area (Å²) in [6.07, 6.45) is 1.07. The predicted octanol–water partition coefficient (Wildman–Crippen LogP) is 0.608. The van der Waals surface area contributed by atoms with Gasteiger partial charge in [0.15, 0.2) is 0 Å². The predicted molar refractivity (Wildman–Crippen MR) is 112 cm³/mol. The van der Waals surface area contributed by atoms with Crippen molar-refractivity contribution >= 4 is 27.6 Å². The van der Waals surface area contributed by atoms with Crippen molar-refractivity contribution in [3.8, 4) is 5.88 Å². The number of anilines is 1. The van der Waals surface area contributed by atoms with Crippen LogP contribution in [0.2, 0.25) is 0 Å². The first-order valence-corrected chi connectivity index (χ1v) is 11.1. The number of sulfonamides is 1. The zero-order valence-electron chi connectivity index (χ0n) is 17.5. The highest BCUT2D eigenvalue weighted by molar-refractivity contribution is 7.90. The Bertz CT molecular complexity index is 1210. The van der Waals surface area contributed by atoms with Crippen LogP contribution in [0.4, 0.5) is 14.5 Å². The molecule has 0 aliphatic carbocycles. The van der Waals surface area contributed by atoms with Crippen molar-refractivity contribution in [1.82, 2.24) is 19.6 Å². The third-order valence-corrected chi connectivity index (χ3v) is 7.93. The maximum absolute atomic E-state index is 15.0. The second-order valence-electron chi connectivity index (χ2n) is 7.47.